The molecule has 1 aromatic carbocycles. The summed E-state index contributed by atoms with van der Waals surface area (Å²) in [4.78, 5) is 23.0. The van der Waals surface area contributed by atoms with Crippen molar-refractivity contribution in [2.45, 2.75) is 18.9 Å². The molecule has 0 radical (unpaired) electrons. The second-order valence-corrected chi connectivity index (χ2v) is 5.01. The van der Waals surface area contributed by atoms with Gasteiger partial charge in [-0.3, -0.25) is 9.59 Å². The van der Waals surface area contributed by atoms with E-state index in [4.69, 9.17) is 0 Å². The third kappa shape index (κ3) is 3.53. The van der Waals surface area contributed by atoms with Gasteiger partial charge in [0.25, 0.3) is 5.91 Å². The number of carbonyl (C=O) groups excluding carboxylic acids is 2. The van der Waals surface area contributed by atoms with E-state index in [0.29, 0.717) is 5.56 Å². The molecule has 18 heavy (non-hydrogen) atoms. The van der Waals surface area contributed by atoms with E-state index in [0.717, 1.165) is 12.8 Å². The highest BCUT2D eigenvalue weighted by molar-refractivity contribution is 9.10. The van der Waals surface area contributed by atoms with E-state index in [9.17, 15) is 14.0 Å². The highest BCUT2D eigenvalue weighted by atomic mass is 79.9. The average molecular weight is 315 g/mol. The minimum Gasteiger partial charge on any atom is -0.352 e. The zero-order chi connectivity index (χ0) is 13.1. The molecule has 96 valence electrons. The highest BCUT2D eigenvalue weighted by Gasteiger charge is 2.23. The summed E-state index contributed by atoms with van der Waals surface area (Å²) in [6, 6.07) is 4.22. The van der Waals surface area contributed by atoms with Crippen molar-refractivity contribution in [2.24, 2.45) is 0 Å². The topological polar surface area (TPSA) is 58.2 Å². The maximum Gasteiger partial charge on any atom is 0.251 e. The first kappa shape index (κ1) is 13.0. The molecule has 0 bridgehead atoms. The fourth-order valence-electron chi connectivity index (χ4n) is 1.41. The lowest BCUT2D eigenvalue weighted by molar-refractivity contribution is -0.120. The Morgan fingerprint density at radius 1 is 1.39 bits per heavy atom. The van der Waals surface area contributed by atoms with E-state index in [2.05, 4.69) is 26.6 Å². The predicted octanol–water partition coefficient (Wildman–Crippen LogP) is 1.60. The SMILES string of the molecule is O=C(CNC(=O)c1ccc(F)c(Br)c1)NC1CC1. The molecule has 0 unspecified atom stereocenters. The van der Waals surface area contributed by atoms with Crippen LogP contribution >= 0.6 is 15.9 Å². The smallest absolute Gasteiger partial charge is 0.251 e. The molecule has 2 rings (SSSR count). The molecule has 0 spiro atoms. The van der Waals surface area contributed by atoms with Crippen molar-refractivity contribution in [1.29, 1.82) is 0 Å². The zero-order valence-electron chi connectivity index (χ0n) is 9.50. The second-order valence-electron chi connectivity index (χ2n) is 4.15. The summed E-state index contributed by atoms with van der Waals surface area (Å²) in [5, 5.41) is 5.24. The van der Waals surface area contributed by atoms with Gasteiger partial charge in [-0.25, -0.2) is 4.39 Å². The molecule has 1 saturated carbocycles. The van der Waals surface area contributed by atoms with Crippen LogP contribution in [-0.2, 0) is 4.79 Å². The summed E-state index contributed by atoms with van der Waals surface area (Å²) in [7, 11) is 0. The van der Waals surface area contributed by atoms with Crippen molar-refractivity contribution in [3.8, 4) is 0 Å². The molecule has 1 aromatic rings. The van der Waals surface area contributed by atoms with Crippen LogP contribution in [0.25, 0.3) is 0 Å². The summed E-state index contributed by atoms with van der Waals surface area (Å²) >= 11 is 3.00. The van der Waals surface area contributed by atoms with Crippen LogP contribution in [0.4, 0.5) is 4.39 Å². The minimum atomic E-state index is -0.432. The molecular formula is C12H12BrFN2O2. The van der Waals surface area contributed by atoms with Gasteiger partial charge in [0, 0.05) is 11.6 Å². The van der Waals surface area contributed by atoms with Gasteiger partial charge in [-0.2, -0.15) is 0 Å². The average Bonchev–Trinajstić information content (AvgIpc) is 3.13. The van der Waals surface area contributed by atoms with Crippen molar-refractivity contribution < 1.29 is 14.0 Å². The third-order valence-electron chi connectivity index (χ3n) is 2.53. The maximum atomic E-state index is 13.0. The number of halogens is 2. The van der Waals surface area contributed by atoms with Gasteiger partial charge in [-0.05, 0) is 47.0 Å². The Morgan fingerprint density at radius 2 is 2.11 bits per heavy atom. The Kier molecular flexibility index (Phi) is 3.96. The van der Waals surface area contributed by atoms with Crippen molar-refractivity contribution in [1.82, 2.24) is 10.6 Å². The fourth-order valence-corrected chi connectivity index (χ4v) is 1.79. The van der Waals surface area contributed by atoms with Crippen LogP contribution in [0.1, 0.15) is 23.2 Å². The number of rotatable bonds is 4. The van der Waals surface area contributed by atoms with Gasteiger partial charge in [0.1, 0.15) is 5.82 Å². The monoisotopic (exact) mass is 314 g/mol. The lowest BCUT2D eigenvalue weighted by atomic mass is 10.2. The van der Waals surface area contributed by atoms with Crippen LogP contribution in [-0.4, -0.2) is 24.4 Å². The summed E-state index contributed by atoms with van der Waals surface area (Å²) in [5.41, 5.74) is 0.308. The lowest BCUT2D eigenvalue weighted by Crippen LogP contribution is -2.37. The van der Waals surface area contributed by atoms with Crippen molar-refractivity contribution in [3.63, 3.8) is 0 Å². The number of hydrogen-bond donors (Lipinski definition) is 2. The van der Waals surface area contributed by atoms with E-state index in [1.165, 1.54) is 18.2 Å². The Hall–Kier alpha value is -1.43. The van der Waals surface area contributed by atoms with E-state index in [1.807, 2.05) is 0 Å². The molecule has 0 atom stereocenters. The van der Waals surface area contributed by atoms with Crippen LogP contribution in [0.15, 0.2) is 22.7 Å². The van der Waals surface area contributed by atoms with Crippen LogP contribution in [0.5, 0.6) is 0 Å². The molecule has 4 nitrogen and oxygen atoms in total. The molecule has 0 aromatic heterocycles. The summed E-state index contributed by atoms with van der Waals surface area (Å²) in [6.45, 7) is -0.0651. The number of carbonyl (C=O) groups is 2. The molecule has 0 aliphatic heterocycles. The molecule has 1 fully saturated rings. The second kappa shape index (κ2) is 5.48. The number of hydrogen-bond acceptors (Lipinski definition) is 2. The Balaban J connectivity index is 1.86. The first-order valence-corrected chi connectivity index (χ1v) is 6.38. The number of nitrogens with one attached hydrogen (secondary N) is 2. The van der Waals surface area contributed by atoms with Gasteiger partial charge in [-0.1, -0.05) is 0 Å². The quantitative estimate of drug-likeness (QED) is 0.887. The van der Waals surface area contributed by atoms with E-state index >= 15 is 0 Å². The standard InChI is InChI=1S/C12H12BrFN2O2/c13-9-5-7(1-4-10(9)14)12(18)15-6-11(17)16-8-2-3-8/h1,4-5,8H,2-3,6H2,(H,15,18)(H,16,17). The Labute approximate surface area is 112 Å². The molecule has 2 amide bonds. The molecule has 0 heterocycles. The van der Waals surface area contributed by atoms with Crippen LogP contribution < -0.4 is 10.6 Å². The zero-order valence-corrected chi connectivity index (χ0v) is 11.1. The van der Waals surface area contributed by atoms with E-state index in [1.54, 1.807) is 0 Å². The number of benzene rings is 1. The van der Waals surface area contributed by atoms with Crippen LogP contribution in [0, 0.1) is 5.82 Å². The largest absolute Gasteiger partial charge is 0.352 e. The van der Waals surface area contributed by atoms with Crippen molar-refractivity contribution in [2.75, 3.05) is 6.54 Å². The molecule has 0 saturated heterocycles. The Morgan fingerprint density at radius 3 is 2.72 bits per heavy atom. The molecule has 1 aliphatic rings. The lowest BCUT2D eigenvalue weighted by Gasteiger charge is -2.06. The predicted molar refractivity (Wildman–Crippen MR) is 67.6 cm³/mol. The summed E-state index contributed by atoms with van der Waals surface area (Å²) in [5.74, 6) is -1.04. The van der Waals surface area contributed by atoms with Crippen molar-refractivity contribution in [3.05, 3.63) is 34.1 Å². The third-order valence-corrected chi connectivity index (χ3v) is 3.14. The Bertz CT molecular complexity index is 489. The maximum absolute atomic E-state index is 13.0. The van der Waals surface area contributed by atoms with Gasteiger partial charge in [0.2, 0.25) is 5.91 Å². The summed E-state index contributed by atoms with van der Waals surface area (Å²) in [6.07, 6.45) is 2.01. The van der Waals surface area contributed by atoms with Gasteiger partial charge in [0.15, 0.2) is 0 Å². The first-order valence-electron chi connectivity index (χ1n) is 5.59. The first-order chi connectivity index (χ1) is 8.56. The van der Waals surface area contributed by atoms with Gasteiger partial charge in [0.05, 0.1) is 11.0 Å². The van der Waals surface area contributed by atoms with Crippen LogP contribution in [0.3, 0.4) is 0 Å². The van der Waals surface area contributed by atoms with E-state index < -0.39 is 11.7 Å². The fraction of sp³-hybridized carbons (Fsp3) is 0.333. The highest BCUT2D eigenvalue weighted by Crippen LogP contribution is 2.18. The molecule has 1 aliphatic carbocycles. The van der Waals surface area contributed by atoms with Crippen LogP contribution in [0.2, 0.25) is 0 Å². The van der Waals surface area contributed by atoms with Gasteiger partial charge < -0.3 is 10.6 Å². The number of amides is 2. The van der Waals surface area contributed by atoms with Gasteiger partial charge >= 0.3 is 0 Å². The molecular weight excluding hydrogens is 303 g/mol. The summed E-state index contributed by atoms with van der Waals surface area (Å²) < 4.78 is 13.2. The molecule has 6 heteroatoms. The van der Waals surface area contributed by atoms with Gasteiger partial charge in [-0.15, -0.1) is 0 Å². The normalized spacial score (nSPS) is 14.1. The molecule has 2 N–H and O–H groups in total. The minimum absolute atomic E-state index is 0.0651. The van der Waals surface area contributed by atoms with E-state index in [-0.39, 0.29) is 23.0 Å². The van der Waals surface area contributed by atoms with Crippen molar-refractivity contribution >= 4 is 27.7 Å².